The summed E-state index contributed by atoms with van der Waals surface area (Å²) in [4.78, 5) is 25.7. The van der Waals surface area contributed by atoms with Crippen molar-refractivity contribution in [2.24, 2.45) is 0 Å². The fraction of sp³-hybridized carbons (Fsp3) is 0.316. The van der Waals surface area contributed by atoms with Gasteiger partial charge in [-0.1, -0.05) is 19.1 Å². The zero-order valence-electron chi connectivity index (χ0n) is 16.0. The first-order chi connectivity index (χ1) is 14.0. The summed E-state index contributed by atoms with van der Waals surface area (Å²) in [5, 5.41) is 21.0. The quantitative estimate of drug-likeness (QED) is 0.385. The van der Waals surface area contributed by atoms with Crippen molar-refractivity contribution in [2.45, 2.75) is 26.8 Å². The van der Waals surface area contributed by atoms with E-state index in [1.807, 2.05) is 24.4 Å². The minimum atomic E-state index is -0.478. The molecule has 29 heavy (non-hydrogen) atoms. The molecule has 0 bridgehead atoms. The highest BCUT2D eigenvalue weighted by atomic mass is 32.1. The fourth-order valence-electron chi connectivity index (χ4n) is 2.73. The average molecular weight is 416 g/mol. The summed E-state index contributed by atoms with van der Waals surface area (Å²) in [5.74, 6) is 0.791. The van der Waals surface area contributed by atoms with Crippen LogP contribution in [0.5, 0.6) is 5.75 Å². The Hall–Kier alpha value is -3.27. The van der Waals surface area contributed by atoms with Crippen LogP contribution in [0.2, 0.25) is 0 Å². The van der Waals surface area contributed by atoms with E-state index in [1.54, 1.807) is 17.9 Å². The minimum absolute atomic E-state index is 0.0488. The van der Waals surface area contributed by atoms with E-state index in [2.05, 4.69) is 10.2 Å². The van der Waals surface area contributed by atoms with Gasteiger partial charge in [-0.05, 0) is 30.9 Å². The molecule has 0 fully saturated rings. The van der Waals surface area contributed by atoms with Crippen molar-refractivity contribution in [1.29, 1.82) is 0 Å². The molecule has 1 aromatic carbocycles. The largest absolute Gasteiger partial charge is 0.483 e. The fourth-order valence-corrected chi connectivity index (χ4v) is 3.37. The first-order valence-corrected chi connectivity index (χ1v) is 9.88. The monoisotopic (exact) mass is 416 g/mol. The molecule has 152 valence electrons. The maximum absolute atomic E-state index is 12.7. The van der Waals surface area contributed by atoms with Crippen LogP contribution in [0, 0.1) is 17.0 Å². The van der Waals surface area contributed by atoms with Gasteiger partial charge < -0.3 is 14.1 Å². The first kappa shape index (κ1) is 20.5. The molecule has 3 rings (SSSR count). The highest BCUT2D eigenvalue weighted by molar-refractivity contribution is 7.13. The number of hydrogen-bond acceptors (Lipinski definition) is 8. The number of ether oxygens (including phenoxy) is 1. The van der Waals surface area contributed by atoms with E-state index in [9.17, 15) is 14.9 Å². The van der Waals surface area contributed by atoms with Crippen molar-refractivity contribution in [1.82, 2.24) is 15.1 Å². The molecule has 0 aliphatic carbocycles. The molecule has 0 radical (unpaired) electrons. The van der Waals surface area contributed by atoms with Gasteiger partial charge in [-0.15, -0.1) is 21.5 Å². The van der Waals surface area contributed by atoms with Crippen LogP contribution in [0.25, 0.3) is 10.8 Å². The Bertz CT molecular complexity index is 986. The molecule has 0 N–H and O–H groups in total. The Morgan fingerprint density at radius 2 is 2.14 bits per heavy atom. The van der Waals surface area contributed by atoms with Crippen LogP contribution in [0.1, 0.15) is 24.8 Å². The lowest BCUT2D eigenvalue weighted by atomic mass is 10.2. The molecular weight excluding hydrogens is 396 g/mol. The van der Waals surface area contributed by atoms with E-state index < -0.39 is 4.92 Å². The number of amides is 1. The third-order valence-corrected chi connectivity index (χ3v) is 5.03. The van der Waals surface area contributed by atoms with E-state index in [1.165, 1.54) is 23.5 Å². The molecule has 0 atom stereocenters. The van der Waals surface area contributed by atoms with Gasteiger partial charge in [0.2, 0.25) is 5.89 Å². The Morgan fingerprint density at radius 1 is 1.31 bits per heavy atom. The second kappa shape index (κ2) is 9.28. The summed E-state index contributed by atoms with van der Waals surface area (Å²) in [6, 6.07) is 8.30. The van der Waals surface area contributed by atoms with Gasteiger partial charge in [-0.2, -0.15) is 0 Å². The molecule has 0 saturated heterocycles. The number of nitro groups is 1. The average Bonchev–Trinajstić information content (AvgIpc) is 3.38. The van der Waals surface area contributed by atoms with Crippen molar-refractivity contribution in [3.8, 4) is 16.5 Å². The van der Waals surface area contributed by atoms with Crippen LogP contribution in [0.4, 0.5) is 5.69 Å². The zero-order valence-corrected chi connectivity index (χ0v) is 16.8. The number of nitro benzene ring substituents is 1. The van der Waals surface area contributed by atoms with Crippen LogP contribution in [-0.2, 0) is 11.3 Å². The number of rotatable bonds is 9. The second-order valence-electron chi connectivity index (χ2n) is 6.24. The maximum Gasteiger partial charge on any atom is 0.276 e. The maximum atomic E-state index is 12.7. The summed E-state index contributed by atoms with van der Waals surface area (Å²) in [6.07, 6.45) is 0.744. The van der Waals surface area contributed by atoms with Crippen molar-refractivity contribution in [2.75, 3.05) is 13.2 Å². The molecule has 9 nitrogen and oxygen atoms in total. The van der Waals surface area contributed by atoms with Crippen molar-refractivity contribution in [3.05, 3.63) is 57.3 Å². The molecule has 0 saturated carbocycles. The summed E-state index contributed by atoms with van der Waals surface area (Å²) in [6.45, 7) is 3.96. The van der Waals surface area contributed by atoms with E-state index in [0.29, 0.717) is 29.6 Å². The molecule has 0 unspecified atom stereocenters. The number of aromatic nitrogens is 2. The Morgan fingerprint density at radius 3 is 2.83 bits per heavy atom. The van der Waals surface area contributed by atoms with Crippen molar-refractivity contribution in [3.63, 3.8) is 0 Å². The number of benzene rings is 1. The lowest BCUT2D eigenvalue weighted by molar-refractivity contribution is -0.385. The molecule has 3 aromatic rings. The Kier molecular flexibility index (Phi) is 6.55. The highest BCUT2D eigenvalue weighted by Gasteiger charge is 2.20. The number of carbonyl (C=O) groups is 1. The minimum Gasteiger partial charge on any atom is -0.483 e. The van der Waals surface area contributed by atoms with Crippen LogP contribution >= 0.6 is 11.3 Å². The molecule has 2 heterocycles. The normalized spacial score (nSPS) is 10.7. The van der Waals surface area contributed by atoms with Gasteiger partial charge in [0, 0.05) is 12.6 Å². The van der Waals surface area contributed by atoms with Gasteiger partial charge >= 0.3 is 0 Å². The van der Waals surface area contributed by atoms with Crippen molar-refractivity contribution >= 4 is 22.9 Å². The van der Waals surface area contributed by atoms with Crippen molar-refractivity contribution < 1.29 is 18.9 Å². The molecule has 10 heteroatoms. The standard InChI is InChI=1S/C19H20N4O5S/c1-3-9-22(11-17-20-21-19(28-17)16-8-5-10-29-16)18(24)12-27-15-7-4-6-14(13(15)2)23(25)26/h4-8,10H,3,9,11-12H2,1-2H3. The van der Waals surface area contributed by atoms with Gasteiger partial charge in [0.1, 0.15) is 5.75 Å². The predicted octanol–water partition coefficient (Wildman–Crippen LogP) is 3.83. The molecule has 0 spiro atoms. The van der Waals surface area contributed by atoms with Gasteiger partial charge in [-0.3, -0.25) is 14.9 Å². The van der Waals surface area contributed by atoms with E-state index in [4.69, 9.17) is 9.15 Å². The highest BCUT2D eigenvalue weighted by Crippen LogP contribution is 2.27. The number of carbonyl (C=O) groups excluding carboxylic acids is 1. The lowest BCUT2D eigenvalue weighted by Gasteiger charge is -2.20. The summed E-state index contributed by atoms with van der Waals surface area (Å²) in [5.41, 5.74) is 0.331. The summed E-state index contributed by atoms with van der Waals surface area (Å²) >= 11 is 1.49. The number of hydrogen-bond donors (Lipinski definition) is 0. The van der Waals surface area contributed by atoms with Crippen LogP contribution in [0.3, 0.4) is 0 Å². The van der Waals surface area contributed by atoms with Crippen LogP contribution in [-0.4, -0.2) is 39.1 Å². The zero-order chi connectivity index (χ0) is 20.8. The third kappa shape index (κ3) is 4.96. The molecule has 1 amide bonds. The smallest absolute Gasteiger partial charge is 0.276 e. The van der Waals surface area contributed by atoms with E-state index in [0.717, 1.165) is 11.3 Å². The Labute approximate surface area is 171 Å². The Balaban J connectivity index is 1.66. The summed E-state index contributed by atoms with van der Waals surface area (Å²) in [7, 11) is 0. The predicted molar refractivity (Wildman–Crippen MR) is 107 cm³/mol. The molecule has 0 aliphatic heterocycles. The first-order valence-electron chi connectivity index (χ1n) is 9.00. The number of nitrogens with zero attached hydrogens (tertiary/aromatic N) is 4. The van der Waals surface area contributed by atoms with Crippen LogP contribution < -0.4 is 4.74 Å². The lowest BCUT2D eigenvalue weighted by Crippen LogP contribution is -2.35. The second-order valence-corrected chi connectivity index (χ2v) is 7.19. The van der Waals surface area contributed by atoms with Gasteiger partial charge in [0.25, 0.3) is 17.5 Å². The van der Waals surface area contributed by atoms with E-state index >= 15 is 0 Å². The topological polar surface area (TPSA) is 112 Å². The van der Waals surface area contributed by atoms with Gasteiger partial charge in [0.05, 0.1) is 21.9 Å². The SMILES string of the molecule is CCCN(Cc1nnc(-c2cccs2)o1)C(=O)COc1cccc([N+](=O)[O-])c1C. The molecule has 0 aliphatic rings. The van der Waals surface area contributed by atoms with E-state index in [-0.39, 0.29) is 24.7 Å². The summed E-state index contributed by atoms with van der Waals surface area (Å²) < 4.78 is 11.2. The van der Waals surface area contributed by atoms with Gasteiger partial charge in [0.15, 0.2) is 6.61 Å². The third-order valence-electron chi connectivity index (χ3n) is 4.17. The van der Waals surface area contributed by atoms with Crippen LogP contribution in [0.15, 0.2) is 40.1 Å². The van der Waals surface area contributed by atoms with Gasteiger partial charge in [-0.25, -0.2) is 0 Å². The molecular formula is C19H20N4O5S. The number of thiophene rings is 1. The molecule has 2 aromatic heterocycles.